The van der Waals surface area contributed by atoms with Crippen molar-refractivity contribution in [2.24, 2.45) is 0 Å². The van der Waals surface area contributed by atoms with Crippen molar-refractivity contribution in [1.82, 2.24) is 9.62 Å². The average Bonchev–Trinajstić information content (AvgIpc) is 2.88. The molecular weight excluding hydrogens is 587 g/mol. The summed E-state index contributed by atoms with van der Waals surface area (Å²) in [6.45, 7) is 0.520. The number of hydrogen-bond acceptors (Lipinski definition) is 4. The van der Waals surface area contributed by atoms with Crippen molar-refractivity contribution in [3.8, 4) is 5.75 Å². The Morgan fingerprint density at radius 3 is 2.22 bits per heavy atom. The molecule has 4 rings (SSSR count). The van der Waals surface area contributed by atoms with Gasteiger partial charge in [-0.1, -0.05) is 81.6 Å². The van der Waals surface area contributed by atoms with Crippen LogP contribution in [0.3, 0.4) is 0 Å². The fraction of sp³-hybridized carbons (Fsp3) is 0.269. The molecule has 3 aromatic carbocycles. The molecule has 6 nitrogen and oxygen atoms in total. The zero-order chi connectivity index (χ0) is 25.9. The van der Waals surface area contributed by atoms with Crippen LogP contribution in [-0.2, 0) is 26.8 Å². The minimum absolute atomic E-state index is 0.115. The molecule has 1 saturated heterocycles. The van der Waals surface area contributed by atoms with E-state index < -0.39 is 15.4 Å². The molecular formula is C26H25BrCl2N2O4S. The van der Waals surface area contributed by atoms with Gasteiger partial charge in [-0.05, 0) is 42.7 Å². The number of piperidine rings is 1. The molecule has 0 aliphatic carbocycles. The third-order valence-electron chi connectivity index (χ3n) is 6.56. The Labute approximate surface area is 229 Å². The van der Waals surface area contributed by atoms with Crippen molar-refractivity contribution in [3.05, 3.63) is 92.4 Å². The summed E-state index contributed by atoms with van der Waals surface area (Å²) in [6, 6.07) is 19.5. The minimum Gasteiger partial charge on any atom is -0.495 e. The number of sulfonamides is 1. The number of carbonyl (C=O) groups is 1. The molecule has 0 atom stereocenters. The number of amides is 1. The summed E-state index contributed by atoms with van der Waals surface area (Å²) in [5.41, 5.74) is 0.557. The molecule has 190 valence electrons. The summed E-state index contributed by atoms with van der Waals surface area (Å²) in [5.74, 6) is 0.0940. The van der Waals surface area contributed by atoms with Crippen molar-refractivity contribution in [3.63, 3.8) is 0 Å². The van der Waals surface area contributed by atoms with Crippen molar-refractivity contribution in [1.29, 1.82) is 0 Å². The van der Waals surface area contributed by atoms with E-state index in [1.54, 1.807) is 30.3 Å². The predicted octanol–water partition coefficient (Wildman–Crippen LogP) is 5.80. The number of benzene rings is 3. The van der Waals surface area contributed by atoms with Crippen molar-refractivity contribution >= 4 is 55.1 Å². The summed E-state index contributed by atoms with van der Waals surface area (Å²) in [5, 5.41) is 3.89. The summed E-state index contributed by atoms with van der Waals surface area (Å²) < 4.78 is 34.3. The number of halogens is 3. The molecule has 0 spiro atoms. The van der Waals surface area contributed by atoms with Crippen LogP contribution in [0, 0.1) is 0 Å². The van der Waals surface area contributed by atoms with Crippen molar-refractivity contribution < 1.29 is 17.9 Å². The lowest BCUT2D eigenvalue weighted by Crippen LogP contribution is -2.52. The number of carbonyl (C=O) groups excluding carboxylic acids is 1. The average molecular weight is 612 g/mol. The van der Waals surface area contributed by atoms with Crippen LogP contribution < -0.4 is 10.1 Å². The van der Waals surface area contributed by atoms with E-state index in [1.165, 1.54) is 17.5 Å². The Kier molecular flexibility index (Phi) is 8.32. The Bertz CT molecular complexity index is 1340. The highest BCUT2D eigenvalue weighted by Gasteiger charge is 2.45. The normalized spacial score (nSPS) is 15.9. The van der Waals surface area contributed by atoms with E-state index in [-0.39, 0.29) is 30.4 Å². The number of nitrogens with zero attached hydrogens (tertiary/aromatic N) is 1. The van der Waals surface area contributed by atoms with E-state index in [0.29, 0.717) is 34.2 Å². The van der Waals surface area contributed by atoms with E-state index >= 15 is 0 Å². The second kappa shape index (κ2) is 11.1. The van der Waals surface area contributed by atoms with Gasteiger partial charge >= 0.3 is 0 Å². The Morgan fingerprint density at radius 2 is 1.61 bits per heavy atom. The molecule has 1 heterocycles. The first-order chi connectivity index (χ1) is 17.2. The summed E-state index contributed by atoms with van der Waals surface area (Å²) in [7, 11) is -2.35. The number of ether oxygens (including phenoxy) is 1. The van der Waals surface area contributed by atoms with Crippen LogP contribution in [0.1, 0.15) is 24.0 Å². The third-order valence-corrected chi connectivity index (χ3v) is 9.63. The van der Waals surface area contributed by atoms with E-state index in [2.05, 4.69) is 21.2 Å². The number of para-hydroxylation sites is 1. The maximum absolute atomic E-state index is 13.7. The summed E-state index contributed by atoms with van der Waals surface area (Å²) >= 11 is 16.1. The van der Waals surface area contributed by atoms with E-state index in [0.717, 1.165) is 10.0 Å². The molecule has 36 heavy (non-hydrogen) atoms. The fourth-order valence-electron chi connectivity index (χ4n) is 4.56. The number of hydrogen-bond donors (Lipinski definition) is 1. The van der Waals surface area contributed by atoms with Crippen LogP contribution in [0.2, 0.25) is 10.0 Å². The first kappa shape index (κ1) is 26.9. The highest BCUT2D eigenvalue weighted by Crippen LogP contribution is 2.39. The van der Waals surface area contributed by atoms with Crippen LogP contribution >= 0.6 is 39.1 Å². The molecule has 1 amide bonds. The summed E-state index contributed by atoms with van der Waals surface area (Å²) in [4.78, 5) is 13.8. The van der Waals surface area contributed by atoms with Crippen LogP contribution in [0.4, 0.5) is 0 Å². The molecule has 0 aromatic heterocycles. The maximum atomic E-state index is 13.7. The molecule has 0 radical (unpaired) electrons. The number of methoxy groups -OCH3 is 1. The Hall–Kier alpha value is -2.10. The molecule has 3 aromatic rings. The lowest BCUT2D eigenvalue weighted by atomic mass is 9.72. The molecule has 1 N–H and O–H groups in total. The van der Waals surface area contributed by atoms with Crippen LogP contribution in [0.5, 0.6) is 5.75 Å². The van der Waals surface area contributed by atoms with Crippen LogP contribution in [-0.4, -0.2) is 38.8 Å². The standard InChI is InChI=1S/C26H25BrCl2N2O4S/c1-35-23-9-5-6-10-24(23)36(33,34)31-13-11-26(12-14-31,18-7-3-2-4-8-18)25(32)30-17-20-21(28)15-19(27)16-22(20)29/h2-10,15-16H,11-14,17H2,1H3,(H,30,32). The number of rotatable bonds is 7. The van der Waals surface area contributed by atoms with Gasteiger partial charge in [0.15, 0.2) is 0 Å². The van der Waals surface area contributed by atoms with Gasteiger partial charge in [-0.15, -0.1) is 0 Å². The van der Waals surface area contributed by atoms with Gasteiger partial charge in [-0.25, -0.2) is 8.42 Å². The van der Waals surface area contributed by atoms with Crippen LogP contribution in [0.25, 0.3) is 0 Å². The molecule has 0 bridgehead atoms. The van der Waals surface area contributed by atoms with E-state index in [9.17, 15) is 13.2 Å². The minimum atomic E-state index is -3.80. The molecule has 0 unspecified atom stereocenters. The molecule has 1 aliphatic heterocycles. The van der Waals surface area contributed by atoms with Gasteiger partial charge in [0.05, 0.1) is 12.5 Å². The lowest BCUT2D eigenvalue weighted by Gasteiger charge is -2.40. The zero-order valence-corrected chi connectivity index (χ0v) is 23.4. The quantitative estimate of drug-likeness (QED) is 0.366. The highest BCUT2D eigenvalue weighted by molar-refractivity contribution is 9.10. The zero-order valence-electron chi connectivity index (χ0n) is 19.5. The lowest BCUT2D eigenvalue weighted by molar-refractivity contribution is -0.128. The monoisotopic (exact) mass is 610 g/mol. The maximum Gasteiger partial charge on any atom is 0.246 e. The fourth-order valence-corrected chi connectivity index (χ4v) is 7.50. The predicted molar refractivity (Wildman–Crippen MR) is 145 cm³/mol. The largest absolute Gasteiger partial charge is 0.495 e. The van der Waals surface area contributed by atoms with Gasteiger partial charge in [0.25, 0.3) is 0 Å². The SMILES string of the molecule is COc1ccccc1S(=O)(=O)N1CCC(C(=O)NCc2c(Cl)cc(Br)cc2Cl)(c2ccccc2)CC1. The highest BCUT2D eigenvalue weighted by atomic mass is 79.9. The van der Waals surface area contributed by atoms with E-state index in [4.69, 9.17) is 27.9 Å². The molecule has 10 heteroatoms. The van der Waals surface area contributed by atoms with Gasteiger partial charge in [-0.3, -0.25) is 4.79 Å². The molecule has 1 aliphatic rings. The second-order valence-electron chi connectivity index (χ2n) is 8.53. The van der Waals surface area contributed by atoms with Gasteiger partial charge in [-0.2, -0.15) is 4.31 Å². The Balaban J connectivity index is 1.59. The molecule has 1 fully saturated rings. The van der Waals surface area contributed by atoms with Gasteiger partial charge in [0, 0.05) is 39.7 Å². The van der Waals surface area contributed by atoms with Gasteiger partial charge < -0.3 is 10.1 Å². The third kappa shape index (κ3) is 5.29. The van der Waals surface area contributed by atoms with Gasteiger partial charge in [0.1, 0.15) is 10.6 Å². The van der Waals surface area contributed by atoms with Crippen LogP contribution in [0.15, 0.2) is 76.1 Å². The van der Waals surface area contributed by atoms with Crippen molar-refractivity contribution in [2.45, 2.75) is 29.7 Å². The summed E-state index contributed by atoms with van der Waals surface area (Å²) in [6.07, 6.45) is 0.637. The Morgan fingerprint density at radius 1 is 1.03 bits per heavy atom. The topological polar surface area (TPSA) is 75.7 Å². The smallest absolute Gasteiger partial charge is 0.246 e. The second-order valence-corrected chi connectivity index (χ2v) is 12.2. The number of nitrogens with one attached hydrogen (secondary N) is 1. The first-order valence-electron chi connectivity index (χ1n) is 11.3. The van der Waals surface area contributed by atoms with Crippen molar-refractivity contribution in [2.75, 3.05) is 20.2 Å². The van der Waals surface area contributed by atoms with Gasteiger partial charge in [0.2, 0.25) is 15.9 Å². The van der Waals surface area contributed by atoms with E-state index in [1.807, 2.05) is 30.3 Å². The molecule has 0 saturated carbocycles. The first-order valence-corrected chi connectivity index (χ1v) is 14.3.